The van der Waals surface area contributed by atoms with Crippen LogP contribution < -0.4 is 0 Å². The van der Waals surface area contributed by atoms with Gasteiger partial charge in [0.05, 0.1) is 28.1 Å². The lowest BCUT2D eigenvalue weighted by Crippen LogP contribution is -2.39. The first-order valence-electron chi connectivity index (χ1n) is 24.6. The van der Waals surface area contributed by atoms with E-state index in [1.54, 1.807) is 111 Å². The van der Waals surface area contributed by atoms with E-state index in [0.29, 0.717) is 10.1 Å². The molecule has 2 fully saturated rings. The molecule has 28 heteroatoms. The molecule has 2 amide bonds. The summed E-state index contributed by atoms with van der Waals surface area (Å²) in [4.78, 5) is 134. The maximum Gasteiger partial charge on any atom is 0.349 e. The van der Waals surface area contributed by atoms with Crippen molar-refractivity contribution in [3.05, 3.63) is 0 Å². The van der Waals surface area contributed by atoms with E-state index in [-0.39, 0.29) is 37.5 Å². The van der Waals surface area contributed by atoms with Crippen LogP contribution in [0.1, 0.15) is 163 Å². The molecule has 26 nitrogen and oxygen atoms in total. The van der Waals surface area contributed by atoms with E-state index in [1.807, 2.05) is 0 Å². The molecule has 0 aliphatic carbocycles. The van der Waals surface area contributed by atoms with Gasteiger partial charge in [0, 0.05) is 32.1 Å². The molecular weight excluding hydrogens is 1050 g/mol. The van der Waals surface area contributed by atoms with Crippen molar-refractivity contribution in [2.24, 2.45) is 33.5 Å². The summed E-state index contributed by atoms with van der Waals surface area (Å²) in [7, 11) is -9.13. The third-order valence-electron chi connectivity index (χ3n) is 9.94. The molecule has 0 bridgehead atoms. The summed E-state index contributed by atoms with van der Waals surface area (Å²) in [5.41, 5.74) is -6.88. The molecule has 4 unspecified atom stereocenters. The zero-order chi connectivity index (χ0) is 58.9. The first kappa shape index (κ1) is 69.0. The van der Waals surface area contributed by atoms with Crippen LogP contribution in [-0.2, 0) is 113 Å². The van der Waals surface area contributed by atoms with E-state index in [1.165, 1.54) is 13.8 Å². The summed E-state index contributed by atoms with van der Waals surface area (Å²) >= 11 is 0. The standard InChI is InChI=1S/C26H44NO12P.C22H36NO12P/c1-16(2)11-20(28)38-19-13-18(22(30)27(19)39-21(29)12-17(3)4)40(33,36-14-34-23(31)25(5,6)7)37-15-35-24(32)26(8,9)10;1-9-16(24)34-15-11-14(18(26)23(15)35-17(25)10-2)36(29,32-12-30-19(27)21(3,4)5)33-13-31-20(28)22(6,7)8/h16-19H,11-15H2,1-10H3;14-15H,9-13H2,1-8H3. The Morgan fingerprint density at radius 3 is 0.987 bits per heavy atom. The van der Waals surface area contributed by atoms with Gasteiger partial charge in [0.1, 0.15) is 11.3 Å². The normalized spacial score (nSPS) is 18.4. The third-order valence-corrected chi connectivity index (χ3v) is 14.2. The Labute approximate surface area is 444 Å². The maximum absolute atomic E-state index is 14.0. The number of carbonyl (C=O) groups excluding carboxylic acids is 10. The van der Waals surface area contributed by atoms with Crippen molar-refractivity contribution >= 4 is 74.8 Å². The number of hydrogen-bond donors (Lipinski definition) is 0. The molecule has 2 aliphatic rings. The van der Waals surface area contributed by atoms with Gasteiger partial charge in [-0.05, 0) is 94.9 Å². The first-order valence-corrected chi connectivity index (χ1v) is 27.8. The molecule has 76 heavy (non-hydrogen) atoms. The van der Waals surface area contributed by atoms with Crippen molar-refractivity contribution in [1.29, 1.82) is 0 Å². The van der Waals surface area contributed by atoms with Crippen molar-refractivity contribution in [3.63, 3.8) is 0 Å². The highest BCUT2D eigenvalue weighted by Gasteiger charge is 2.57. The molecule has 0 aromatic heterocycles. The van der Waals surface area contributed by atoms with E-state index in [2.05, 4.69) is 0 Å². The topological polar surface area (TPSA) is 322 Å². The molecule has 2 aliphatic heterocycles. The van der Waals surface area contributed by atoms with E-state index < -0.39 is 160 Å². The van der Waals surface area contributed by atoms with Crippen LogP contribution in [0.5, 0.6) is 0 Å². The van der Waals surface area contributed by atoms with Crippen molar-refractivity contribution in [2.75, 3.05) is 27.2 Å². The number of esters is 6. The predicted molar refractivity (Wildman–Crippen MR) is 263 cm³/mol. The summed E-state index contributed by atoms with van der Waals surface area (Å²) < 4.78 is 79.4. The number of rotatable bonds is 24. The summed E-state index contributed by atoms with van der Waals surface area (Å²) in [5, 5.41) is 1.06. The highest BCUT2D eigenvalue weighted by molar-refractivity contribution is 7.56. The molecule has 0 saturated carbocycles. The van der Waals surface area contributed by atoms with Gasteiger partial charge in [0.25, 0.3) is 11.8 Å². The molecule has 4 atom stereocenters. The van der Waals surface area contributed by atoms with Crippen LogP contribution in [0.2, 0.25) is 0 Å². The molecule has 436 valence electrons. The van der Waals surface area contributed by atoms with Gasteiger partial charge < -0.3 is 38.1 Å². The zero-order valence-electron chi connectivity index (χ0n) is 47.1. The largest absolute Gasteiger partial charge is 0.438 e. The highest BCUT2D eigenvalue weighted by Crippen LogP contribution is 2.59. The molecule has 0 aromatic rings. The van der Waals surface area contributed by atoms with Crippen LogP contribution >= 0.6 is 15.2 Å². The number of ether oxygens (including phenoxy) is 6. The minimum atomic E-state index is -4.59. The highest BCUT2D eigenvalue weighted by atomic mass is 31.2. The number of hydroxylamine groups is 4. The molecule has 2 rings (SSSR count). The Hall–Kier alpha value is -5.00. The minimum Gasteiger partial charge on any atom is -0.438 e. The Bertz CT molecular complexity index is 2100. The van der Waals surface area contributed by atoms with Crippen LogP contribution in [0.25, 0.3) is 0 Å². The number of carbonyl (C=O) groups is 10. The quantitative estimate of drug-likeness (QED) is 0.0393. The van der Waals surface area contributed by atoms with Crippen LogP contribution in [0.3, 0.4) is 0 Å². The van der Waals surface area contributed by atoms with Gasteiger partial charge in [-0.3, -0.25) is 65.6 Å². The molecular formula is C48H80N2O24P2. The fourth-order valence-electron chi connectivity index (χ4n) is 5.62. The van der Waals surface area contributed by atoms with Gasteiger partial charge in [0.2, 0.25) is 39.6 Å². The van der Waals surface area contributed by atoms with Crippen molar-refractivity contribution in [1.82, 2.24) is 10.1 Å². The summed E-state index contributed by atoms with van der Waals surface area (Å²) in [6, 6.07) is 0. The Morgan fingerprint density at radius 1 is 0.461 bits per heavy atom. The monoisotopic (exact) mass is 1130 g/mol. The van der Waals surface area contributed by atoms with Gasteiger partial charge in [-0.15, -0.1) is 10.1 Å². The van der Waals surface area contributed by atoms with Crippen molar-refractivity contribution in [2.45, 2.75) is 187 Å². The fourth-order valence-corrected chi connectivity index (χ4v) is 8.93. The Morgan fingerprint density at radius 2 is 0.724 bits per heavy atom. The van der Waals surface area contributed by atoms with Gasteiger partial charge in [-0.1, -0.05) is 41.5 Å². The minimum absolute atomic E-state index is 0.0132. The van der Waals surface area contributed by atoms with Crippen LogP contribution in [0.4, 0.5) is 0 Å². The van der Waals surface area contributed by atoms with Crippen LogP contribution in [-0.4, -0.2) is 121 Å². The maximum atomic E-state index is 14.0. The Kier molecular flexibility index (Phi) is 26.4. The smallest absolute Gasteiger partial charge is 0.349 e. The molecule has 2 saturated heterocycles. The number of hydrogen-bond acceptors (Lipinski definition) is 24. The van der Waals surface area contributed by atoms with Gasteiger partial charge in [-0.25, -0.2) is 9.59 Å². The molecule has 0 radical (unpaired) electrons. The zero-order valence-corrected chi connectivity index (χ0v) is 48.9. The first-order chi connectivity index (χ1) is 34.6. The molecule has 0 N–H and O–H groups in total. The predicted octanol–water partition coefficient (Wildman–Crippen LogP) is 7.38. The summed E-state index contributed by atoms with van der Waals surface area (Å²) in [5.74, 6) is -7.90. The lowest BCUT2D eigenvalue weighted by atomic mass is 9.98. The average Bonchev–Trinajstić information content (AvgIpc) is 3.75. The second kappa shape index (κ2) is 29.1. The molecule has 0 spiro atoms. The lowest BCUT2D eigenvalue weighted by molar-refractivity contribution is -0.228. The summed E-state index contributed by atoms with van der Waals surface area (Å²) in [6.45, 7) is 25.8. The van der Waals surface area contributed by atoms with Gasteiger partial charge in [-0.2, -0.15) is 0 Å². The third kappa shape index (κ3) is 22.5. The lowest BCUT2D eigenvalue weighted by Gasteiger charge is -2.24. The van der Waals surface area contributed by atoms with E-state index >= 15 is 0 Å². The second-order valence-electron chi connectivity index (χ2n) is 22.3. The SMILES string of the molecule is CC(C)CC(=O)OC1CC(P(=O)(OCOC(=O)C(C)(C)C)OCOC(=O)C(C)(C)C)C(=O)N1OC(=O)CC(C)C.CCC(=O)OC1CC(P(=O)(OCOC(=O)C(C)(C)C)OCOC(=O)C(C)(C)C)C(=O)N1OC(=O)CC. The van der Waals surface area contributed by atoms with E-state index in [0.717, 1.165) is 0 Å². The number of amides is 2. The van der Waals surface area contributed by atoms with Gasteiger partial charge in [0.15, 0.2) is 0 Å². The Balaban J connectivity index is 0.000000764. The van der Waals surface area contributed by atoms with Crippen LogP contribution in [0, 0.1) is 33.5 Å². The average molecular weight is 1130 g/mol. The fraction of sp³-hybridized carbons (Fsp3) is 0.792. The van der Waals surface area contributed by atoms with Crippen molar-refractivity contribution in [3.8, 4) is 0 Å². The molecule has 0 aromatic carbocycles. The second-order valence-corrected chi connectivity index (χ2v) is 26.8. The van der Waals surface area contributed by atoms with E-state index in [9.17, 15) is 57.1 Å². The van der Waals surface area contributed by atoms with Crippen LogP contribution in [0.15, 0.2) is 0 Å². The summed E-state index contributed by atoms with van der Waals surface area (Å²) in [6.07, 6.45) is -3.86. The van der Waals surface area contributed by atoms with Gasteiger partial charge >= 0.3 is 62.9 Å². The number of nitrogens with zero attached hydrogens (tertiary/aromatic N) is 2. The van der Waals surface area contributed by atoms with Crippen molar-refractivity contribution < 1.29 is 113 Å². The van der Waals surface area contributed by atoms with E-state index in [4.69, 9.17) is 56.2 Å². The molecule has 2 heterocycles.